The smallest absolute Gasteiger partial charge is 0.274 e. The molecule has 2 atom stereocenters. The quantitative estimate of drug-likeness (QED) is 0.499. The highest BCUT2D eigenvalue weighted by molar-refractivity contribution is 7.96. The molecule has 1 aliphatic rings. The van der Waals surface area contributed by atoms with Gasteiger partial charge < -0.3 is 14.9 Å². The van der Waals surface area contributed by atoms with Crippen LogP contribution in [0.3, 0.4) is 0 Å². The van der Waals surface area contributed by atoms with Gasteiger partial charge >= 0.3 is 0 Å². The first-order valence-electron chi connectivity index (χ1n) is 6.67. The zero-order chi connectivity index (χ0) is 15.0. The molecule has 0 spiro atoms. The molecule has 0 aliphatic carbocycles. The van der Waals surface area contributed by atoms with Gasteiger partial charge in [-0.05, 0) is 36.6 Å². The molecule has 21 heavy (non-hydrogen) atoms. The maximum absolute atomic E-state index is 12.6. The Morgan fingerprint density at radius 3 is 2.57 bits per heavy atom. The number of benzene rings is 2. The number of aryl methyl sites for hydroxylation is 1. The van der Waals surface area contributed by atoms with Crippen molar-refractivity contribution in [3.8, 4) is 5.75 Å². The number of fused-ring (bicyclic) bond motifs is 1. The summed E-state index contributed by atoms with van der Waals surface area (Å²) in [7, 11) is 1.24. The third-order valence-corrected chi connectivity index (χ3v) is 4.46. The van der Waals surface area contributed by atoms with E-state index in [0.717, 1.165) is 21.6 Å². The van der Waals surface area contributed by atoms with Crippen molar-refractivity contribution in [2.45, 2.75) is 19.1 Å². The third-order valence-electron chi connectivity index (χ3n) is 3.69. The summed E-state index contributed by atoms with van der Waals surface area (Å²) in [6, 6.07) is 14.9. The maximum atomic E-state index is 12.6. The van der Waals surface area contributed by atoms with Crippen LogP contribution in [0, 0.1) is 6.92 Å². The second kappa shape index (κ2) is 5.48. The fourth-order valence-electron chi connectivity index (χ4n) is 2.67. The number of rotatable bonds is 1. The number of aliphatic hydroxyl groups is 1. The number of hydrogen-bond donors (Lipinski definition) is 1. The Labute approximate surface area is 127 Å². The van der Waals surface area contributed by atoms with E-state index in [2.05, 4.69) is 5.87 Å². The molecule has 2 aromatic rings. The lowest BCUT2D eigenvalue weighted by Crippen LogP contribution is -2.42. The van der Waals surface area contributed by atoms with Crippen LogP contribution in [0.1, 0.15) is 22.8 Å². The molecule has 1 aliphatic heterocycles. The zero-order valence-corrected chi connectivity index (χ0v) is 12.5. The van der Waals surface area contributed by atoms with Gasteiger partial charge in [-0.2, -0.15) is 10.9 Å². The first-order chi connectivity index (χ1) is 10.1. The zero-order valence-electron chi connectivity index (χ0n) is 11.7. The molecule has 1 heterocycles. The van der Waals surface area contributed by atoms with Crippen LogP contribution >= 0.6 is 10.9 Å². The molecule has 3 rings (SSSR count). The van der Waals surface area contributed by atoms with Crippen molar-refractivity contribution >= 4 is 21.7 Å². The molecule has 1 N–H and O–H groups in total. The van der Waals surface area contributed by atoms with Crippen LogP contribution in [-0.4, -0.2) is 21.9 Å². The fourth-order valence-corrected chi connectivity index (χ4v) is 3.28. The van der Waals surface area contributed by atoms with Gasteiger partial charge in [-0.1, -0.05) is 24.3 Å². The monoisotopic (exact) mass is 300 g/mol. The molecule has 3 nitrogen and oxygen atoms in total. The van der Waals surface area contributed by atoms with Gasteiger partial charge in [-0.3, -0.25) is 0 Å². The summed E-state index contributed by atoms with van der Waals surface area (Å²) < 4.78 is 1.85. The third kappa shape index (κ3) is 2.31. The van der Waals surface area contributed by atoms with Gasteiger partial charge in [0.05, 0.1) is 10.4 Å². The predicted molar refractivity (Wildman–Crippen MR) is 85.7 cm³/mol. The SMILES string of the molecule is C=S=C1c2cc(C)ccc2[O+]([O-])C(c2ccccc2)C1O. The number of hydrogen-bond acceptors (Lipinski definition) is 2. The van der Waals surface area contributed by atoms with Crippen LogP contribution in [-0.2, 0) is 4.52 Å². The largest absolute Gasteiger partial charge is 0.557 e. The summed E-state index contributed by atoms with van der Waals surface area (Å²) in [5.41, 5.74) is 2.55. The highest BCUT2D eigenvalue weighted by atomic mass is 32.1. The second-order valence-corrected chi connectivity index (χ2v) is 5.81. The molecule has 108 valence electrons. The van der Waals surface area contributed by atoms with Crippen molar-refractivity contribution < 1.29 is 14.9 Å². The van der Waals surface area contributed by atoms with Crippen molar-refractivity contribution in [2.75, 3.05) is 0 Å². The van der Waals surface area contributed by atoms with Crippen LogP contribution in [0.2, 0.25) is 0 Å². The van der Waals surface area contributed by atoms with Gasteiger partial charge in [0.2, 0.25) is 6.10 Å². The van der Waals surface area contributed by atoms with Crippen molar-refractivity contribution in [3.63, 3.8) is 0 Å². The van der Waals surface area contributed by atoms with Gasteiger partial charge in [0, 0.05) is 11.6 Å². The normalized spacial score (nSPS) is 21.1. The Bertz CT molecular complexity index is 720. The van der Waals surface area contributed by atoms with E-state index in [9.17, 15) is 10.4 Å². The molecule has 0 amide bonds. The minimum atomic E-state index is -0.910. The van der Waals surface area contributed by atoms with Crippen LogP contribution in [0.5, 0.6) is 5.75 Å². The highest BCUT2D eigenvalue weighted by Crippen LogP contribution is 2.43. The molecule has 0 fully saturated rings. The molecular weight excluding hydrogens is 284 g/mol. The lowest BCUT2D eigenvalue weighted by atomic mass is 9.93. The van der Waals surface area contributed by atoms with Gasteiger partial charge in [0.1, 0.15) is 0 Å². The van der Waals surface area contributed by atoms with Crippen molar-refractivity contribution in [3.05, 3.63) is 65.2 Å². The standard InChI is InChI=1S/C17H16O3S/c1-11-8-9-14-13(10-11)17(21-2)15(18)16(20(14)19)12-6-4-3-5-7-12/h3-10,15-16,18H,2H2,1H3. The maximum Gasteiger partial charge on any atom is 0.274 e. The number of aliphatic hydroxyl groups excluding tert-OH is 1. The summed E-state index contributed by atoms with van der Waals surface area (Å²) in [5.74, 6) is 4.34. The van der Waals surface area contributed by atoms with Crippen LogP contribution in [0.15, 0.2) is 48.5 Å². The first kappa shape index (κ1) is 14.1. The summed E-state index contributed by atoms with van der Waals surface area (Å²) in [6.45, 7) is 1.96. The van der Waals surface area contributed by atoms with E-state index in [-0.39, 0.29) is 0 Å². The van der Waals surface area contributed by atoms with Crippen molar-refractivity contribution in [1.29, 1.82) is 0 Å². The molecule has 0 bridgehead atoms. The Balaban J connectivity index is 2.19. The average Bonchev–Trinajstić information content (AvgIpc) is 2.48. The molecule has 2 unspecified atom stereocenters. The summed E-state index contributed by atoms with van der Waals surface area (Å²) in [5, 5.41) is 23.3. The van der Waals surface area contributed by atoms with Gasteiger partial charge in [0.15, 0.2) is 6.10 Å². The molecule has 2 aromatic carbocycles. The highest BCUT2D eigenvalue weighted by Gasteiger charge is 2.41. The van der Waals surface area contributed by atoms with Crippen LogP contribution < -0.4 is 5.26 Å². The lowest BCUT2D eigenvalue weighted by Gasteiger charge is -2.41. The second-order valence-electron chi connectivity index (χ2n) is 5.08. The molecule has 0 aromatic heterocycles. The molecule has 0 radical (unpaired) electrons. The summed E-state index contributed by atoms with van der Waals surface area (Å²) in [6.07, 6.45) is -1.63. The van der Waals surface area contributed by atoms with E-state index in [0.29, 0.717) is 5.75 Å². The van der Waals surface area contributed by atoms with E-state index in [1.54, 1.807) is 6.07 Å². The van der Waals surface area contributed by atoms with E-state index in [1.165, 1.54) is 10.9 Å². The lowest BCUT2D eigenvalue weighted by molar-refractivity contribution is -0.785. The Hall–Kier alpha value is -1.88. The van der Waals surface area contributed by atoms with E-state index in [4.69, 9.17) is 0 Å². The minimum Gasteiger partial charge on any atom is -0.557 e. The molecular formula is C17H16O3S. The van der Waals surface area contributed by atoms with Gasteiger partial charge in [-0.15, -0.1) is 0 Å². The van der Waals surface area contributed by atoms with E-state index < -0.39 is 12.2 Å². The predicted octanol–water partition coefficient (Wildman–Crippen LogP) is 2.34. The van der Waals surface area contributed by atoms with Gasteiger partial charge in [-0.25, -0.2) is 0 Å². The van der Waals surface area contributed by atoms with Crippen LogP contribution in [0.4, 0.5) is 0 Å². The molecule has 0 saturated heterocycles. The van der Waals surface area contributed by atoms with Crippen molar-refractivity contribution in [2.24, 2.45) is 0 Å². The first-order valence-corrected chi connectivity index (χ1v) is 7.65. The summed E-state index contributed by atoms with van der Waals surface area (Å²) >= 11 is 0. The van der Waals surface area contributed by atoms with Gasteiger partial charge in [0.25, 0.3) is 5.75 Å². The Morgan fingerprint density at radius 2 is 1.90 bits per heavy atom. The van der Waals surface area contributed by atoms with E-state index >= 15 is 0 Å². The summed E-state index contributed by atoms with van der Waals surface area (Å²) in [4.78, 5) is 0.724. The fraction of sp³-hybridized carbons (Fsp3) is 0.176. The van der Waals surface area contributed by atoms with Crippen LogP contribution in [0.25, 0.3) is 0 Å². The Kier molecular flexibility index (Phi) is 3.68. The minimum absolute atomic E-state index is 0.505. The average molecular weight is 300 g/mol. The molecule has 4 heteroatoms. The van der Waals surface area contributed by atoms with E-state index in [1.807, 2.05) is 53.9 Å². The molecule has 0 saturated carbocycles. The Morgan fingerprint density at radius 1 is 1.19 bits per heavy atom. The van der Waals surface area contributed by atoms with Crippen molar-refractivity contribution in [1.82, 2.24) is 0 Å². The topological polar surface area (TPSA) is 46.0 Å².